The van der Waals surface area contributed by atoms with Crippen molar-refractivity contribution in [1.82, 2.24) is 33.7 Å². The Kier molecular flexibility index (Phi) is 6.72. The summed E-state index contributed by atoms with van der Waals surface area (Å²) in [6, 6.07) is 60.3. The fourth-order valence-electron chi connectivity index (χ4n) is 7.70. The molecule has 0 atom stereocenters. The Morgan fingerprint density at radius 3 is 1.35 bits per heavy atom. The average Bonchev–Trinajstić information content (AvgIpc) is 3.84. The molecule has 0 spiro atoms. The van der Waals surface area contributed by atoms with Gasteiger partial charge in [-0.1, -0.05) is 152 Å². The summed E-state index contributed by atoms with van der Waals surface area (Å²) < 4.78 is 4.62. The van der Waals surface area contributed by atoms with Crippen molar-refractivity contribution < 1.29 is 0 Å². The Bertz CT molecular complexity index is 3130. The lowest BCUT2D eigenvalue weighted by atomic mass is 10.1. The second kappa shape index (κ2) is 12.0. The Hall–Kier alpha value is -7.51. The molecule has 0 N–H and O–H groups in total. The zero-order chi connectivity index (χ0) is 35.6. The minimum atomic E-state index is 0.560. The van der Waals surface area contributed by atoms with Crippen LogP contribution in [0.4, 0.5) is 0 Å². The predicted octanol–water partition coefficient (Wildman–Crippen LogP) is 11.0. The lowest BCUT2D eigenvalue weighted by molar-refractivity contribution is 1.07. The molecule has 0 radical (unpaired) electrons. The molecule has 0 amide bonds. The average molecular weight is 692 g/mol. The summed E-state index contributed by atoms with van der Waals surface area (Å²) in [5.41, 5.74) is 10.4. The van der Waals surface area contributed by atoms with E-state index in [0.717, 1.165) is 83.3 Å². The standard InChI is InChI=1S/C47H29N7/c1-5-16-30(17-6-1)43-50-44(31-18-7-2-8-19-31)52-45(51-43)34-28-38-42-40(29-34)54-41-36(25-15-26-37(41)48-46(54)32-20-9-3-10-21-32)35-24-13-14-27-39(35)53(42)47(49-38)33-22-11-4-12-23-33/h1-29H. The molecule has 0 fully saturated rings. The van der Waals surface area contributed by atoms with Crippen LogP contribution in [-0.4, -0.2) is 33.7 Å². The molecule has 0 saturated heterocycles. The molecule has 0 saturated carbocycles. The van der Waals surface area contributed by atoms with Crippen LogP contribution in [0.25, 0.3) is 101 Å². The molecular weight excluding hydrogens is 663 g/mol. The van der Waals surface area contributed by atoms with Gasteiger partial charge in [0.1, 0.15) is 11.6 Å². The smallest absolute Gasteiger partial charge is 0.164 e. The van der Waals surface area contributed by atoms with Gasteiger partial charge in [-0.15, -0.1) is 0 Å². The number of rotatable bonds is 5. The molecule has 4 heterocycles. The van der Waals surface area contributed by atoms with Crippen LogP contribution < -0.4 is 0 Å². The molecular formula is C47H29N7. The number of nitrogens with zero attached hydrogens (tertiary/aromatic N) is 7. The maximum Gasteiger partial charge on any atom is 0.164 e. The molecule has 252 valence electrons. The van der Waals surface area contributed by atoms with Crippen molar-refractivity contribution in [2.24, 2.45) is 0 Å². The summed E-state index contributed by atoms with van der Waals surface area (Å²) in [5.74, 6) is 3.46. The number of benzene rings is 7. The topological polar surface area (TPSA) is 73.3 Å². The fraction of sp³-hybridized carbons (Fsp3) is 0. The molecule has 4 aromatic heterocycles. The van der Waals surface area contributed by atoms with Crippen molar-refractivity contribution in [3.63, 3.8) is 0 Å². The highest BCUT2D eigenvalue weighted by molar-refractivity contribution is 6.13. The van der Waals surface area contributed by atoms with Crippen molar-refractivity contribution in [1.29, 1.82) is 0 Å². The van der Waals surface area contributed by atoms with Gasteiger partial charge in [0, 0.05) is 38.6 Å². The highest BCUT2D eigenvalue weighted by Crippen LogP contribution is 2.39. The number of imidazole rings is 2. The quantitative estimate of drug-likeness (QED) is 0.180. The first-order valence-corrected chi connectivity index (χ1v) is 17.9. The van der Waals surface area contributed by atoms with Gasteiger partial charge in [0.05, 0.1) is 33.1 Å². The Morgan fingerprint density at radius 2 is 0.759 bits per heavy atom. The predicted molar refractivity (Wildman–Crippen MR) is 217 cm³/mol. The monoisotopic (exact) mass is 691 g/mol. The second-order valence-electron chi connectivity index (χ2n) is 13.4. The van der Waals surface area contributed by atoms with Gasteiger partial charge in [-0.3, -0.25) is 8.80 Å². The Morgan fingerprint density at radius 1 is 0.296 bits per heavy atom. The van der Waals surface area contributed by atoms with E-state index in [2.05, 4.69) is 112 Å². The van der Waals surface area contributed by atoms with Crippen LogP contribution in [0.5, 0.6) is 0 Å². The van der Waals surface area contributed by atoms with E-state index < -0.39 is 0 Å². The number of hydrogen-bond donors (Lipinski definition) is 0. The number of fused-ring (bicyclic) bond motifs is 4. The first-order chi connectivity index (χ1) is 26.8. The highest BCUT2D eigenvalue weighted by atomic mass is 15.1. The lowest BCUT2D eigenvalue weighted by Gasteiger charge is -2.13. The van der Waals surface area contributed by atoms with Gasteiger partial charge in [0.15, 0.2) is 17.5 Å². The third-order valence-corrected chi connectivity index (χ3v) is 10.1. The molecule has 0 aliphatic carbocycles. The molecule has 11 aromatic rings. The SMILES string of the molecule is c1ccc(-c2nc(-c3ccccc3)nc(-c3cc4nc(-c5ccccc5)n5c6ccccc6c6cccc7nc(-c8ccccc8)n(c(c3)c45)c76)n2)cc1. The summed E-state index contributed by atoms with van der Waals surface area (Å²) in [6.07, 6.45) is 0. The molecule has 7 heteroatoms. The molecule has 0 unspecified atom stereocenters. The molecule has 0 aliphatic rings. The van der Waals surface area contributed by atoms with Gasteiger partial charge in [-0.05, 0) is 24.3 Å². The van der Waals surface area contributed by atoms with Crippen molar-refractivity contribution in [2.75, 3.05) is 0 Å². The van der Waals surface area contributed by atoms with Crippen LogP contribution in [0.3, 0.4) is 0 Å². The van der Waals surface area contributed by atoms with Crippen LogP contribution in [0.15, 0.2) is 176 Å². The maximum absolute atomic E-state index is 5.46. The van der Waals surface area contributed by atoms with E-state index in [4.69, 9.17) is 24.9 Å². The zero-order valence-corrected chi connectivity index (χ0v) is 28.9. The first kappa shape index (κ1) is 30.1. The van der Waals surface area contributed by atoms with E-state index in [9.17, 15) is 0 Å². The van der Waals surface area contributed by atoms with Crippen LogP contribution >= 0.6 is 0 Å². The first-order valence-electron chi connectivity index (χ1n) is 17.9. The summed E-state index contributed by atoms with van der Waals surface area (Å²) in [4.78, 5) is 26.1. The number of aromatic nitrogens is 7. The van der Waals surface area contributed by atoms with Crippen molar-refractivity contribution in [2.45, 2.75) is 0 Å². The van der Waals surface area contributed by atoms with Crippen LogP contribution in [-0.2, 0) is 0 Å². The van der Waals surface area contributed by atoms with Gasteiger partial charge in [-0.2, -0.15) is 0 Å². The molecule has 0 bridgehead atoms. The number of hydrogen-bond acceptors (Lipinski definition) is 5. The summed E-state index contributed by atoms with van der Waals surface area (Å²) in [5, 5.41) is 2.19. The Balaban J connectivity index is 1.35. The van der Waals surface area contributed by atoms with E-state index in [1.54, 1.807) is 0 Å². The van der Waals surface area contributed by atoms with Crippen molar-refractivity contribution in [3.8, 4) is 56.9 Å². The Labute approximate surface area is 309 Å². The molecule has 0 aliphatic heterocycles. The van der Waals surface area contributed by atoms with E-state index >= 15 is 0 Å². The third kappa shape index (κ3) is 4.72. The molecule has 7 nitrogen and oxygen atoms in total. The highest BCUT2D eigenvalue weighted by Gasteiger charge is 2.23. The summed E-state index contributed by atoms with van der Waals surface area (Å²) in [6.45, 7) is 0. The van der Waals surface area contributed by atoms with Gasteiger partial charge in [-0.25, -0.2) is 24.9 Å². The van der Waals surface area contributed by atoms with E-state index in [-0.39, 0.29) is 0 Å². The lowest BCUT2D eigenvalue weighted by Crippen LogP contribution is -2.01. The molecule has 54 heavy (non-hydrogen) atoms. The van der Waals surface area contributed by atoms with Gasteiger partial charge < -0.3 is 0 Å². The maximum atomic E-state index is 5.46. The van der Waals surface area contributed by atoms with E-state index in [1.165, 1.54) is 0 Å². The van der Waals surface area contributed by atoms with Crippen molar-refractivity contribution in [3.05, 3.63) is 176 Å². The van der Waals surface area contributed by atoms with Gasteiger partial charge in [0.25, 0.3) is 0 Å². The normalized spacial score (nSPS) is 11.7. The van der Waals surface area contributed by atoms with E-state index in [1.807, 2.05) is 72.8 Å². The second-order valence-corrected chi connectivity index (χ2v) is 13.4. The summed E-state index contributed by atoms with van der Waals surface area (Å²) >= 11 is 0. The van der Waals surface area contributed by atoms with Crippen LogP contribution in [0, 0.1) is 0 Å². The van der Waals surface area contributed by atoms with Crippen LogP contribution in [0.1, 0.15) is 0 Å². The zero-order valence-electron chi connectivity index (χ0n) is 28.9. The van der Waals surface area contributed by atoms with Crippen LogP contribution in [0.2, 0.25) is 0 Å². The van der Waals surface area contributed by atoms with Crippen molar-refractivity contribution >= 4 is 43.9 Å². The van der Waals surface area contributed by atoms with Gasteiger partial charge in [0.2, 0.25) is 0 Å². The molecule has 7 aromatic carbocycles. The fourth-order valence-corrected chi connectivity index (χ4v) is 7.70. The largest absolute Gasteiger partial charge is 0.290 e. The minimum absolute atomic E-state index is 0.560. The summed E-state index contributed by atoms with van der Waals surface area (Å²) in [7, 11) is 0. The minimum Gasteiger partial charge on any atom is -0.290 e. The third-order valence-electron chi connectivity index (χ3n) is 10.1. The molecule has 11 rings (SSSR count). The number of para-hydroxylation sites is 2. The van der Waals surface area contributed by atoms with E-state index in [0.29, 0.717) is 17.5 Å². The van der Waals surface area contributed by atoms with Gasteiger partial charge >= 0.3 is 0 Å².